The van der Waals surface area contributed by atoms with Crippen LogP contribution in [0, 0.1) is 25.7 Å². The van der Waals surface area contributed by atoms with Crippen LogP contribution in [0.5, 0.6) is 0 Å². The number of H-pyrrole nitrogens is 1. The fourth-order valence-electron chi connectivity index (χ4n) is 4.99. The second-order valence-electron chi connectivity index (χ2n) is 9.51. The van der Waals surface area contributed by atoms with Gasteiger partial charge in [-0.1, -0.05) is 31.0 Å². The van der Waals surface area contributed by atoms with Crippen LogP contribution in [0.2, 0.25) is 0 Å². The number of benzene rings is 2. The van der Waals surface area contributed by atoms with Crippen molar-refractivity contribution < 1.29 is 5.11 Å². The molecule has 3 heterocycles. The van der Waals surface area contributed by atoms with Gasteiger partial charge in [0.05, 0.1) is 17.2 Å². The second kappa shape index (κ2) is 7.75. The second-order valence-corrected chi connectivity index (χ2v) is 9.51. The molecule has 2 aromatic heterocycles. The predicted molar refractivity (Wildman–Crippen MR) is 133 cm³/mol. The van der Waals surface area contributed by atoms with E-state index in [1.165, 1.54) is 10.9 Å². The molecule has 0 aliphatic carbocycles. The number of nitrogens with zero attached hydrogens (tertiary/aromatic N) is 2. The highest BCUT2D eigenvalue weighted by atomic mass is 16.3. The van der Waals surface area contributed by atoms with Gasteiger partial charge in [-0.15, -0.1) is 0 Å². The van der Waals surface area contributed by atoms with E-state index in [1.807, 2.05) is 20.0 Å². The first-order valence-electron chi connectivity index (χ1n) is 11.3. The van der Waals surface area contributed by atoms with Gasteiger partial charge >= 0.3 is 0 Å². The molecule has 0 saturated heterocycles. The Hall–Kier alpha value is -3.62. The molecule has 1 unspecified atom stereocenters. The zero-order chi connectivity index (χ0) is 23.3. The van der Waals surface area contributed by atoms with Gasteiger partial charge in [0.1, 0.15) is 0 Å². The lowest BCUT2D eigenvalue weighted by Crippen LogP contribution is -2.50. The Bertz CT molecular complexity index is 1420. The van der Waals surface area contributed by atoms with Gasteiger partial charge < -0.3 is 15.4 Å². The first-order chi connectivity index (χ1) is 15.8. The van der Waals surface area contributed by atoms with Crippen LogP contribution in [0.4, 0.5) is 5.69 Å². The third kappa shape index (κ3) is 3.48. The maximum Gasteiger partial charge on any atom is 0.205 e. The van der Waals surface area contributed by atoms with E-state index < -0.39 is 11.6 Å². The van der Waals surface area contributed by atoms with Crippen molar-refractivity contribution in [2.45, 2.75) is 52.2 Å². The Labute approximate surface area is 194 Å². The number of nitrogens with one attached hydrogen (secondary N) is 2. The fraction of sp³-hybridized carbons (Fsp3) is 0.286. The molecule has 0 saturated carbocycles. The van der Waals surface area contributed by atoms with Crippen molar-refractivity contribution in [2.24, 2.45) is 0 Å². The van der Waals surface area contributed by atoms with E-state index in [1.54, 1.807) is 18.5 Å². The smallest absolute Gasteiger partial charge is 0.205 e. The summed E-state index contributed by atoms with van der Waals surface area (Å²) in [6.07, 6.45) is 4.87. The highest BCUT2D eigenvalue weighted by Crippen LogP contribution is 2.46. The number of aromatic nitrogens is 3. The summed E-state index contributed by atoms with van der Waals surface area (Å²) in [5.41, 5.74) is 8.12. The average Bonchev–Trinajstić information content (AvgIpc) is 3.19. The minimum atomic E-state index is -0.559. The van der Waals surface area contributed by atoms with Crippen molar-refractivity contribution in [3.05, 3.63) is 77.0 Å². The van der Waals surface area contributed by atoms with Crippen LogP contribution in [0.1, 0.15) is 54.8 Å². The van der Waals surface area contributed by atoms with Crippen molar-refractivity contribution in [1.82, 2.24) is 15.0 Å². The molecule has 0 radical (unpaired) electrons. The largest absolute Gasteiger partial charge is 0.390 e. The van der Waals surface area contributed by atoms with Gasteiger partial charge in [0, 0.05) is 52.3 Å². The SMILES string of the molecule is Cc1cc(-c2cccc3c(C)c[nH]c23)c(C#Cc2ncccn2)c2c1NC(C)(C)C(O)[C@H]2C. The number of rotatable bonds is 1. The summed E-state index contributed by atoms with van der Waals surface area (Å²) in [4.78, 5) is 12.0. The van der Waals surface area contributed by atoms with E-state index in [9.17, 15) is 5.11 Å². The number of aliphatic hydroxyl groups is 1. The minimum Gasteiger partial charge on any atom is -0.390 e. The van der Waals surface area contributed by atoms with Crippen LogP contribution >= 0.6 is 0 Å². The molecule has 2 atom stereocenters. The van der Waals surface area contributed by atoms with Crippen molar-refractivity contribution in [1.29, 1.82) is 0 Å². The Kier molecular flexibility index (Phi) is 4.99. The number of aromatic amines is 1. The molecular weight excluding hydrogens is 408 g/mol. The molecule has 166 valence electrons. The van der Waals surface area contributed by atoms with Gasteiger partial charge in [-0.25, -0.2) is 9.97 Å². The van der Waals surface area contributed by atoms with Gasteiger partial charge in [0.25, 0.3) is 0 Å². The molecule has 3 N–H and O–H groups in total. The topological polar surface area (TPSA) is 73.8 Å². The molecule has 5 heteroatoms. The molecule has 0 fully saturated rings. The lowest BCUT2D eigenvalue weighted by Gasteiger charge is -2.43. The third-order valence-corrected chi connectivity index (χ3v) is 6.76. The monoisotopic (exact) mass is 436 g/mol. The number of anilines is 1. The Balaban J connectivity index is 1.83. The molecule has 0 amide bonds. The van der Waals surface area contributed by atoms with Crippen LogP contribution in [0.15, 0.2) is 48.9 Å². The normalized spacial score (nSPS) is 18.8. The Morgan fingerprint density at radius 1 is 1.00 bits per heavy atom. The molecule has 1 aliphatic rings. The summed E-state index contributed by atoms with van der Waals surface area (Å²) < 4.78 is 0. The lowest BCUT2D eigenvalue weighted by atomic mass is 9.75. The van der Waals surface area contributed by atoms with Crippen molar-refractivity contribution in [3.8, 4) is 23.0 Å². The van der Waals surface area contributed by atoms with Gasteiger partial charge in [-0.3, -0.25) is 0 Å². The number of fused-ring (bicyclic) bond motifs is 2. The minimum absolute atomic E-state index is 0.0968. The summed E-state index contributed by atoms with van der Waals surface area (Å²) in [5, 5.41) is 15.9. The van der Waals surface area contributed by atoms with Crippen LogP contribution in [-0.4, -0.2) is 31.7 Å². The number of hydrogen-bond acceptors (Lipinski definition) is 4. The van der Waals surface area contributed by atoms with E-state index in [2.05, 4.69) is 77.1 Å². The summed E-state index contributed by atoms with van der Waals surface area (Å²) in [5.74, 6) is 6.93. The summed E-state index contributed by atoms with van der Waals surface area (Å²) >= 11 is 0. The molecule has 2 aromatic carbocycles. The van der Waals surface area contributed by atoms with Crippen molar-refractivity contribution in [3.63, 3.8) is 0 Å². The van der Waals surface area contributed by atoms with Crippen molar-refractivity contribution in [2.75, 3.05) is 5.32 Å². The quantitative estimate of drug-likeness (QED) is 0.354. The highest BCUT2D eigenvalue weighted by Gasteiger charge is 2.40. The average molecular weight is 437 g/mol. The number of hydrogen-bond donors (Lipinski definition) is 3. The first-order valence-corrected chi connectivity index (χ1v) is 11.3. The molecule has 33 heavy (non-hydrogen) atoms. The highest BCUT2D eigenvalue weighted by molar-refractivity contribution is 5.98. The maximum atomic E-state index is 11.1. The zero-order valence-corrected chi connectivity index (χ0v) is 19.6. The van der Waals surface area contributed by atoms with E-state index in [-0.39, 0.29) is 5.92 Å². The van der Waals surface area contributed by atoms with E-state index >= 15 is 0 Å². The number of aliphatic hydroxyl groups excluding tert-OH is 1. The lowest BCUT2D eigenvalue weighted by molar-refractivity contribution is 0.0868. The van der Waals surface area contributed by atoms with Gasteiger partial charge in [0.15, 0.2) is 0 Å². The van der Waals surface area contributed by atoms with Crippen molar-refractivity contribution >= 4 is 16.6 Å². The first kappa shape index (κ1) is 21.2. The molecule has 0 spiro atoms. The number of aryl methyl sites for hydroxylation is 2. The van der Waals surface area contributed by atoms with Gasteiger partial charge in [0.2, 0.25) is 5.82 Å². The van der Waals surface area contributed by atoms with Crippen LogP contribution in [0.25, 0.3) is 22.0 Å². The van der Waals surface area contributed by atoms with Gasteiger partial charge in [-0.05, 0) is 62.4 Å². The zero-order valence-electron chi connectivity index (χ0n) is 19.6. The molecule has 5 rings (SSSR count). The Morgan fingerprint density at radius 2 is 1.76 bits per heavy atom. The Morgan fingerprint density at radius 3 is 2.52 bits per heavy atom. The van der Waals surface area contributed by atoms with E-state index in [0.717, 1.165) is 39.0 Å². The summed E-state index contributed by atoms with van der Waals surface area (Å²) in [6, 6.07) is 10.3. The molecular formula is C28H28N4O. The van der Waals surface area contributed by atoms with Crippen LogP contribution < -0.4 is 5.32 Å². The molecule has 1 aliphatic heterocycles. The fourth-order valence-corrected chi connectivity index (χ4v) is 4.99. The molecule has 4 aromatic rings. The van der Waals surface area contributed by atoms with Crippen LogP contribution in [0.3, 0.4) is 0 Å². The van der Waals surface area contributed by atoms with Gasteiger partial charge in [-0.2, -0.15) is 0 Å². The maximum absolute atomic E-state index is 11.1. The van der Waals surface area contributed by atoms with E-state index in [0.29, 0.717) is 5.82 Å². The summed E-state index contributed by atoms with van der Waals surface area (Å²) in [6.45, 7) is 10.4. The molecule has 5 nitrogen and oxygen atoms in total. The number of para-hydroxylation sites is 1. The molecule has 0 bridgehead atoms. The third-order valence-electron chi connectivity index (χ3n) is 6.76. The van der Waals surface area contributed by atoms with E-state index in [4.69, 9.17) is 0 Å². The van der Waals surface area contributed by atoms with Crippen LogP contribution in [-0.2, 0) is 0 Å². The predicted octanol–water partition coefficient (Wildman–Crippen LogP) is 5.31. The summed E-state index contributed by atoms with van der Waals surface area (Å²) in [7, 11) is 0. The standard InChI is InChI=1S/C28H28N4O/c1-16-14-22(21-9-6-8-19-17(2)15-31-26(19)21)20(10-11-23-29-12-7-13-30-23)24-18(3)27(33)28(4,5)32-25(16)24/h6-9,12-15,18,27,31-33H,1-5H3/t18-,27?/m0/s1.